The minimum Gasteiger partial charge on any atom is -0.488 e. The van der Waals surface area contributed by atoms with E-state index in [1.165, 1.54) is 5.56 Å². The molecule has 1 aromatic carbocycles. The summed E-state index contributed by atoms with van der Waals surface area (Å²) in [6.07, 6.45) is 0.803. The van der Waals surface area contributed by atoms with Gasteiger partial charge in [-0.1, -0.05) is 46.8 Å². The van der Waals surface area contributed by atoms with E-state index in [9.17, 15) is 0 Å². The van der Waals surface area contributed by atoms with Crippen molar-refractivity contribution in [3.8, 4) is 5.75 Å². The molecule has 0 heterocycles. The largest absolute Gasteiger partial charge is 0.488 e. The van der Waals surface area contributed by atoms with Crippen LogP contribution in [0.25, 0.3) is 0 Å². The van der Waals surface area contributed by atoms with E-state index in [1.54, 1.807) is 14.2 Å². The van der Waals surface area contributed by atoms with E-state index in [-0.39, 0.29) is 11.7 Å². The topological polar surface area (TPSA) is 27.7 Å². The van der Waals surface area contributed by atoms with Crippen LogP contribution in [0, 0.1) is 5.41 Å². The molecule has 0 fully saturated rings. The Bertz CT molecular complexity index is 411. The Labute approximate surface area is 129 Å². The molecule has 120 valence electrons. The highest BCUT2D eigenvalue weighted by molar-refractivity contribution is 5.31. The molecule has 21 heavy (non-hydrogen) atoms. The summed E-state index contributed by atoms with van der Waals surface area (Å²) in [7, 11) is 3.21. The summed E-state index contributed by atoms with van der Waals surface area (Å²) in [6, 6.07) is 8.33. The molecule has 0 radical (unpaired) electrons. The number of hydrogen-bond acceptors (Lipinski definition) is 3. The predicted octanol–water partition coefficient (Wildman–Crippen LogP) is 4.40. The van der Waals surface area contributed by atoms with Gasteiger partial charge in [0.1, 0.15) is 12.4 Å². The maximum absolute atomic E-state index is 5.67. The zero-order chi connectivity index (χ0) is 16.1. The number of ether oxygens (including phenoxy) is 3. The highest BCUT2D eigenvalue weighted by atomic mass is 16.7. The van der Waals surface area contributed by atoms with Crippen molar-refractivity contribution < 1.29 is 14.2 Å². The monoisotopic (exact) mass is 294 g/mol. The Morgan fingerprint density at radius 1 is 0.905 bits per heavy atom. The van der Waals surface area contributed by atoms with Gasteiger partial charge in [-0.15, -0.1) is 0 Å². The van der Waals surface area contributed by atoms with E-state index in [0.717, 1.165) is 12.2 Å². The molecule has 1 rings (SSSR count). The molecule has 0 saturated carbocycles. The standard InChI is InChI=1S/C18H30O3/c1-17(2,3)13-18(4,5)14-8-10-15(11-9-14)21-12-16(19-6)20-7/h8-11,16H,12-13H2,1-7H3. The van der Waals surface area contributed by atoms with Crippen molar-refractivity contribution in [2.75, 3.05) is 20.8 Å². The van der Waals surface area contributed by atoms with Crippen molar-refractivity contribution in [2.24, 2.45) is 5.41 Å². The fourth-order valence-electron chi connectivity index (χ4n) is 2.83. The van der Waals surface area contributed by atoms with E-state index >= 15 is 0 Å². The van der Waals surface area contributed by atoms with Crippen LogP contribution in [-0.2, 0) is 14.9 Å². The Kier molecular flexibility index (Phi) is 6.24. The first kappa shape index (κ1) is 18.0. The Balaban J connectivity index is 2.69. The first-order valence-electron chi connectivity index (χ1n) is 7.47. The molecule has 3 heteroatoms. The summed E-state index contributed by atoms with van der Waals surface area (Å²) in [5, 5.41) is 0. The molecule has 0 aliphatic heterocycles. The number of hydrogen-bond donors (Lipinski definition) is 0. The van der Waals surface area contributed by atoms with Gasteiger partial charge in [0.2, 0.25) is 0 Å². The lowest BCUT2D eigenvalue weighted by molar-refractivity contribution is -0.121. The minimum atomic E-state index is -0.331. The van der Waals surface area contributed by atoms with Crippen molar-refractivity contribution in [2.45, 2.75) is 52.7 Å². The summed E-state index contributed by atoms with van der Waals surface area (Å²) in [5.41, 5.74) is 1.79. The summed E-state index contributed by atoms with van der Waals surface area (Å²) < 4.78 is 15.9. The first-order valence-corrected chi connectivity index (χ1v) is 7.47. The van der Waals surface area contributed by atoms with Crippen LogP contribution in [0.3, 0.4) is 0 Å². The van der Waals surface area contributed by atoms with Crippen molar-refractivity contribution in [3.63, 3.8) is 0 Å². The van der Waals surface area contributed by atoms with Crippen LogP contribution in [-0.4, -0.2) is 27.1 Å². The SMILES string of the molecule is COC(COc1ccc(C(C)(C)CC(C)(C)C)cc1)OC. The molecule has 1 aromatic rings. The number of rotatable bonds is 7. The summed E-state index contributed by atoms with van der Waals surface area (Å²) >= 11 is 0. The molecule has 0 atom stereocenters. The zero-order valence-corrected chi connectivity index (χ0v) is 14.5. The van der Waals surface area contributed by atoms with Crippen molar-refractivity contribution in [1.82, 2.24) is 0 Å². The van der Waals surface area contributed by atoms with Crippen LogP contribution in [0.4, 0.5) is 0 Å². The molecular formula is C18H30O3. The maximum atomic E-state index is 5.67. The Morgan fingerprint density at radius 2 is 1.43 bits per heavy atom. The average molecular weight is 294 g/mol. The van der Waals surface area contributed by atoms with Gasteiger partial charge in [0.15, 0.2) is 6.29 Å². The lowest BCUT2D eigenvalue weighted by Gasteiger charge is -2.33. The van der Waals surface area contributed by atoms with E-state index in [1.807, 2.05) is 12.1 Å². The van der Waals surface area contributed by atoms with Crippen molar-refractivity contribution >= 4 is 0 Å². The Morgan fingerprint density at radius 3 is 1.86 bits per heavy atom. The normalized spacial score (nSPS) is 12.8. The van der Waals surface area contributed by atoms with E-state index < -0.39 is 0 Å². The van der Waals surface area contributed by atoms with Gasteiger partial charge in [-0.3, -0.25) is 0 Å². The van der Waals surface area contributed by atoms with Gasteiger partial charge in [0, 0.05) is 14.2 Å². The van der Waals surface area contributed by atoms with E-state index in [0.29, 0.717) is 12.0 Å². The van der Waals surface area contributed by atoms with Gasteiger partial charge in [-0.25, -0.2) is 0 Å². The van der Waals surface area contributed by atoms with Gasteiger partial charge in [-0.05, 0) is 34.9 Å². The molecule has 0 amide bonds. The molecule has 0 bridgehead atoms. The van der Waals surface area contributed by atoms with Crippen LogP contribution in [0.5, 0.6) is 5.75 Å². The lowest BCUT2D eigenvalue weighted by atomic mass is 9.72. The third-order valence-corrected chi connectivity index (χ3v) is 3.52. The third-order valence-electron chi connectivity index (χ3n) is 3.52. The minimum absolute atomic E-state index is 0.151. The van der Waals surface area contributed by atoms with Gasteiger partial charge in [0.05, 0.1) is 0 Å². The molecule has 0 saturated heterocycles. The summed E-state index contributed by atoms with van der Waals surface area (Å²) in [4.78, 5) is 0. The Hall–Kier alpha value is -1.06. The predicted molar refractivity (Wildman–Crippen MR) is 86.8 cm³/mol. The highest BCUT2D eigenvalue weighted by Gasteiger charge is 2.27. The van der Waals surface area contributed by atoms with Crippen molar-refractivity contribution in [1.29, 1.82) is 0 Å². The second kappa shape index (κ2) is 7.28. The van der Waals surface area contributed by atoms with E-state index in [4.69, 9.17) is 14.2 Å². The number of benzene rings is 1. The van der Waals surface area contributed by atoms with Gasteiger partial charge >= 0.3 is 0 Å². The van der Waals surface area contributed by atoms with E-state index in [2.05, 4.69) is 46.8 Å². The van der Waals surface area contributed by atoms with Crippen LogP contribution in [0.1, 0.15) is 46.6 Å². The molecule has 0 aliphatic rings. The van der Waals surface area contributed by atoms with Crippen LogP contribution < -0.4 is 4.74 Å². The van der Waals surface area contributed by atoms with Crippen molar-refractivity contribution in [3.05, 3.63) is 29.8 Å². The quantitative estimate of drug-likeness (QED) is 0.698. The molecular weight excluding hydrogens is 264 g/mol. The third kappa shape index (κ3) is 6.06. The molecule has 0 spiro atoms. The fraction of sp³-hybridized carbons (Fsp3) is 0.667. The average Bonchev–Trinajstić information content (AvgIpc) is 2.38. The first-order chi connectivity index (χ1) is 9.68. The molecule has 0 aromatic heterocycles. The highest BCUT2D eigenvalue weighted by Crippen LogP contribution is 2.36. The second-order valence-corrected chi connectivity index (χ2v) is 7.36. The van der Waals surface area contributed by atoms with Crippen LogP contribution in [0.15, 0.2) is 24.3 Å². The molecule has 0 N–H and O–H groups in total. The maximum Gasteiger partial charge on any atom is 0.191 e. The lowest BCUT2D eigenvalue weighted by Crippen LogP contribution is -2.25. The smallest absolute Gasteiger partial charge is 0.191 e. The van der Waals surface area contributed by atoms with Gasteiger partial charge in [-0.2, -0.15) is 0 Å². The summed E-state index contributed by atoms with van der Waals surface area (Å²) in [5.74, 6) is 0.837. The van der Waals surface area contributed by atoms with Crippen LogP contribution in [0.2, 0.25) is 0 Å². The van der Waals surface area contributed by atoms with Crippen LogP contribution >= 0.6 is 0 Å². The van der Waals surface area contributed by atoms with Gasteiger partial charge in [0.25, 0.3) is 0 Å². The molecule has 3 nitrogen and oxygen atoms in total. The summed E-state index contributed by atoms with van der Waals surface area (Å²) in [6.45, 7) is 11.8. The van der Waals surface area contributed by atoms with Gasteiger partial charge < -0.3 is 14.2 Å². The number of methoxy groups -OCH3 is 2. The fourth-order valence-corrected chi connectivity index (χ4v) is 2.83. The zero-order valence-electron chi connectivity index (χ0n) is 14.5. The second-order valence-electron chi connectivity index (χ2n) is 7.36. The molecule has 0 unspecified atom stereocenters. The molecule has 0 aliphatic carbocycles.